The second kappa shape index (κ2) is 8.04. The zero-order valence-corrected chi connectivity index (χ0v) is 22.5. The van der Waals surface area contributed by atoms with Crippen molar-refractivity contribution < 1.29 is 25.2 Å². The molecule has 11 atom stereocenters. The highest BCUT2D eigenvalue weighted by Gasteiger charge is 2.70. The first kappa shape index (κ1) is 25.7. The molecule has 0 radical (unpaired) electrons. The molecule has 0 aromatic carbocycles. The Hall–Kier alpha value is -0.910. The molecule has 35 heavy (non-hydrogen) atoms. The predicted molar refractivity (Wildman–Crippen MR) is 135 cm³/mol. The lowest BCUT2D eigenvalue weighted by Crippen LogP contribution is -2.66. The van der Waals surface area contributed by atoms with Crippen LogP contribution in [0.1, 0.15) is 92.4 Å². The van der Waals surface area contributed by atoms with Gasteiger partial charge in [-0.2, -0.15) is 0 Å². The van der Waals surface area contributed by atoms with E-state index in [2.05, 4.69) is 40.7 Å². The highest BCUT2D eigenvalue weighted by molar-refractivity contribution is 5.76. The van der Waals surface area contributed by atoms with Gasteiger partial charge in [-0.05, 0) is 104 Å². The summed E-state index contributed by atoms with van der Waals surface area (Å²) in [5, 5.41) is 42.0. The number of fused-ring (bicyclic) bond motifs is 7. The van der Waals surface area contributed by atoms with Crippen LogP contribution in [0.25, 0.3) is 0 Å². The van der Waals surface area contributed by atoms with Crippen LogP contribution in [0.5, 0.6) is 0 Å². The van der Waals surface area contributed by atoms with E-state index in [9.17, 15) is 25.2 Å². The van der Waals surface area contributed by atoms with Crippen LogP contribution in [0, 0.1) is 56.7 Å². The fourth-order valence-corrected chi connectivity index (χ4v) is 11.0. The van der Waals surface area contributed by atoms with Gasteiger partial charge in [0.2, 0.25) is 0 Å². The van der Waals surface area contributed by atoms with Gasteiger partial charge in [0.1, 0.15) is 0 Å². The molecule has 4 fully saturated rings. The van der Waals surface area contributed by atoms with Crippen LogP contribution in [-0.4, -0.2) is 45.7 Å². The van der Waals surface area contributed by atoms with E-state index in [1.54, 1.807) is 0 Å². The third-order valence-corrected chi connectivity index (χ3v) is 13.5. The lowest BCUT2D eigenvalue weighted by atomic mass is 9.33. The van der Waals surface area contributed by atoms with Gasteiger partial charge < -0.3 is 20.4 Å². The van der Waals surface area contributed by atoms with E-state index in [0.29, 0.717) is 12.3 Å². The van der Waals surface area contributed by atoms with Crippen molar-refractivity contribution >= 4 is 5.97 Å². The number of rotatable bonds is 3. The molecule has 4 saturated carbocycles. The Morgan fingerprint density at radius 3 is 2.31 bits per heavy atom. The molecule has 4 N–H and O–H groups in total. The number of aliphatic hydroxyl groups is 3. The number of allylic oxidation sites excluding steroid dienone is 2. The molecule has 0 aromatic rings. The van der Waals surface area contributed by atoms with Crippen LogP contribution in [-0.2, 0) is 4.79 Å². The minimum Gasteiger partial charge on any atom is -0.481 e. The van der Waals surface area contributed by atoms with Crippen molar-refractivity contribution in [2.45, 2.75) is 98.5 Å². The lowest BCUT2D eigenvalue weighted by Gasteiger charge is -2.71. The summed E-state index contributed by atoms with van der Waals surface area (Å²) in [7, 11) is 0. The lowest BCUT2D eigenvalue weighted by molar-refractivity contribution is -0.217. The zero-order chi connectivity index (χ0) is 25.6. The van der Waals surface area contributed by atoms with Crippen molar-refractivity contribution in [2.24, 2.45) is 56.7 Å². The van der Waals surface area contributed by atoms with Crippen LogP contribution >= 0.6 is 0 Å². The van der Waals surface area contributed by atoms with Crippen LogP contribution in [0.3, 0.4) is 0 Å². The summed E-state index contributed by atoms with van der Waals surface area (Å²) in [6.07, 6.45) is 9.82. The van der Waals surface area contributed by atoms with Crippen LogP contribution < -0.4 is 0 Å². The number of carboxylic acid groups (broad SMARTS) is 1. The zero-order valence-electron chi connectivity index (χ0n) is 22.5. The minimum atomic E-state index is -0.703. The van der Waals surface area contributed by atoms with E-state index in [-0.39, 0.29) is 53.1 Å². The maximum Gasteiger partial charge on any atom is 0.310 e. The van der Waals surface area contributed by atoms with Gasteiger partial charge in [0, 0.05) is 12.0 Å². The summed E-state index contributed by atoms with van der Waals surface area (Å²) >= 11 is 0. The van der Waals surface area contributed by atoms with Crippen molar-refractivity contribution in [2.75, 3.05) is 13.2 Å². The Morgan fingerprint density at radius 2 is 1.69 bits per heavy atom. The molecular formula is C30H48O5. The summed E-state index contributed by atoms with van der Waals surface area (Å²) in [5.41, 5.74) is 0.240. The molecule has 0 heterocycles. The quantitative estimate of drug-likeness (QED) is 0.418. The largest absolute Gasteiger partial charge is 0.481 e. The third kappa shape index (κ3) is 3.01. The number of aliphatic carboxylic acids is 1. The molecule has 0 aliphatic heterocycles. The van der Waals surface area contributed by atoms with Gasteiger partial charge in [0.15, 0.2) is 0 Å². The van der Waals surface area contributed by atoms with Crippen LogP contribution in [0.15, 0.2) is 11.6 Å². The molecule has 0 saturated heterocycles. The van der Waals surface area contributed by atoms with Crippen molar-refractivity contribution in [1.29, 1.82) is 0 Å². The van der Waals surface area contributed by atoms with Gasteiger partial charge in [-0.1, -0.05) is 46.3 Å². The van der Waals surface area contributed by atoms with E-state index in [1.807, 2.05) is 0 Å². The Balaban J connectivity index is 1.61. The molecule has 5 nitrogen and oxygen atoms in total. The van der Waals surface area contributed by atoms with Gasteiger partial charge >= 0.3 is 5.97 Å². The van der Waals surface area contributed by atoms with Gasteiger partial charge in [-0.3, -0.25) is 4.79 Å². The topological polar surface area (TPSA) is 98.0 Å². The first-order valence-electron chi connectivity index (χ1n) is 14.2. The first-order valence-corrected chi connectivity index (χ1v) is 14.2. The number of aliphatic hydroxyl groups excluding tert-OH is 3. The van der Waals surface area contributed by atoms with Crippen molar-refractivity contribution in [1.82, 2.24) is 0 Å². The smallest absolute Gasteiger partial charge is 0.310 e. The van der Waals surface area contributed by atoms with E-state index in [1.165, 1.54) is 5.57 Å². The summed E-state index contributed by atoms with van der Waals surface area (Å²) < 4.78 is 0. The van der Waals surface area contributed by atoms with E-state index in [0.717, 1.165) is 51.4 Å². The fourth-order valence-electron chi connectivity index (χ4n) is 11.0. The molecule has 0 bridgehead atoms. The van der Waals surface area contributed by atoms with Crippen molar-refractivity contribution in [3.8, 4) is 0 Å². The summed E-state index contributed by atoms with van der Waals surface area (Å²) in [6, 6.07) is 0. The average Bonchev–Trinajstić information content (AvgIpc) is 2.82. The monoisotopic (exact) mass is 488 g/mol. The predicted octanol–water partition coefficient (Wildman–Crippen LogP) is 5.03. The second-order valence-electron chi connectivity index (χ2n) is 14.3. The SMILES string of the molecule is C[C@H]1[C@H](CO)CC[C@]2(C(=O)O)CC[C@]3(C)C(=CC[C@@H]4[C@@]5(C)CC[C@H](O)[C@@](C)(CO)C5CC[C@]43C)[C@@H]12. The van der Waals surface area contributed by atoms with Gasteiger partial charge in [-0.25, -0.2) is 0 Å². The van der Waals surface area contributed by atoms with Gasteiger partial charge in [-0.15, -0.1) is 0 Å². The maximum absolute atomic E-state index is 12.8. The molecule has 5 heteroatoms. The van der Waals surface area contributed by atoms with E-state index < -0.39 is 22.9 Å². The summed E-state index contributed by atoms with van der Waals surface area (Å²) in [5.74, 6) is 0.408. The van der Waals surface area contributed by atoms with Crippen molar-refractivity contribution in [3.63, 3.8) is 0 Å². The van der Waals surface area contributed by atoms with Crippen LogP contribution in [0.4, 0.5) is 0 Å². The number of hydrogen-bond donors (Lipinski definition) is 4. The molecule has 5 rings (SSSR count). The summed E-state index contributed by atoms with van der Waals surface area (Å²) in [6.45, 7) is 11.8. The Bertz CT molecular complexity index is 914. The number of hydrogen-bond acceptors (Lipinski definition) is 4. The second-order valence-corrected chi connectivity index (χ2v) is 14.3. The molecular weight excluding hydrogens is 440 g/mol. The fraction of sp³-hybridized carbons (Fsp3) is 0.900. The molecule has 0 spiro atoms. The Kier molecular flexibility index (Phi) is 5.91. The molecule has 0 aromatic heterocycles. The number of carbonyl (C=O) groups is 1. The van der Waals surface area contributed by atoms with Crippen LogP contribution in [0.2, 0.25) is 0 Å². The molecule has 198 valence electrons. The minimum absolute atomic E-state index is 0.0103. The van der Waals surface area contributed by atoms with Gasteiger partial charge in [0.25, 0.3) is 0 Å². The average molecular weight is 489 g/mol. The van der Waals surface area contributed by atoms with E-state index in [4.69, 9.17) is 0 Å². The third-order valence-electron chi connectivity index (χ3n) is 13.5. The standard InChI is InChI=1S/C30H48O5/c1-18-19(16-31)8-13-30(25(34)35)15-14-28(4)20(24(18)30)6-7-22-26(2)11-10-23(33)27(3,17-32)21(26)9-12-29(22,28)5/h6,18-19,21-24,31-33H,7-17H2,1-5H3,(H,34,35)/t18-,19-,21?,22+,23-,24+,26-,27-,28+,29+,30-/m0/s1. The van der Waals surface area contributed by atoms with Gasteiger partial charge in [0.05, 0.1) is 18.1 Å². The van der Waals surface area contributed by atoms with E-state index >= 15 is 0 Å². The Morgan fingerprint density at radius 1 is 0.971 bits per heavy atom. The molecule has 5 aliphatic rings. The number of carboxylic acids is 1. The normalized spacial score (nSPS) is 55.6. The summed E-state index contributed by atoms with van der Waals surface area (Å²) in [4.78, 5) is 12.8. The molecule has 1 unspecified atom stereocenters. The molecule has 5 aliphatic carbocycles. The Labute approximate surface area is 211 Å². The highest BCUT2D eigenvalue weighted by Crippen LogP contribution is 2.75. The highest BCUT2D eigenvalue weighted by atomic mass is 16.4. The van der Waals surface area contributed by atoms with Crippen molar-refractivity contribution in [3.05, 3.63) is 11.6 Å². The molecule has 0 amide bonds. The first-order chi connectivity index (χ1) is 16.4. The maximum atomic E-state index is 12.8.